The molecule has 54 heavy (non-hydrogen) atoms. The van der Waals surface area contributed by atoms with Gasteiger partial charge in [0.05, 0.1) is 36.6 Å². The molecule has 14 heteroatoms. The highest BCUT2D eigenvalue weighted by Crippen LogP contribution is 2.29. The van der Waals surface area contributed by atoms with Gasteiger partial charge in [0.25, 0.3) is 0 Å². The second-order valence-corrected chi connectivity index (χ2v) is 14.7. The fourth-order valence-electron chi connectivity index (χ4n) is 7.32. The van der Waals surface area contributed by atoms with Gasteiger partial charge in [0.2, 0.25) is 17.7 Å². The molecule has 0 saturated carbocycles. The third-order valence-electron chi connectivity index (χ3n) is 10.4. The van der Waals surface area contributed by atoms with Gasteiger partial charge >= 0.3 is 5.97 Å². The molecule has 1 aromatic carbocycles. The van der Waals surface area contributed by atoms with Gasteiger partial charge in [-0.15, -0.1) is 0 Å². The third kappa shape index (κ3) is 13.5. The van der Waals surface area contributed by atoms with E-state index in [1.807, 2.05) is 49.3 Å². The summed E-state index contributed by atoms with van der Waals surface area (Å²) >= 11 is 0. The molecule has 6 unspecified atom stereocenters. The van der Waals surface area contributed by atoms with Crippen molar-refractivity contribution in [2.75, 3.05) is 74.6 Å². The first-order valence-electron chi connectivity index (χ1n) is 19.6. The number of aliphatic imine (C=N–C) groups is 1. The number of hydrogen-bond donors (Lipinski definition) is 3. The molecule has 306 valence electrons. The molecule has 0 bridgehead atoms. The van der Waals surface area contributed by atoms with Gasteiger partial charge < -0.3 is 44.8 Å². The summed E-state index contributed by atoms with van der Waals surface area (Å²) in [6.07, 6.45) is 2.35. The molecule has 0 aliphatic carbocycles. The second-order valence-electron chi connectivity index (χ2n) is 14.7. The molecule has 3 N–H and O–H groups in total. The van der Waals surface area contributed by atoms with E-state index in [-0.39, 0.29) is 49.2 Å². The Bertz CT molecular complexity index is 1320. The first-order valence-corrected chi connectivity index (χ1v) is 19.6. The van der Waals surface area contributed by atoms with E-state index < -0.39 is 36.0 Å². The number of carbonyl (C=O) groups is 4. The van der Waals surface area contributed by atoms with Crippen LogP contribution in [0.2, 0.25) is 0 Å². The molecule has 0 radical (unpaired) electrons. The maximum absolute atomic E-state index is 14.1. The number of methoxy groups -OCH3 is 2. The minimum absolute atomic E-state index is 0.0248. The summed E-state index contributed by atoms with van der Waals surface area (Å²) in [6, 6.07) is 7.27. The summed E-state index contributed by atoms with van der Waals surface area (Å²) in [5.41, 5.74) is 0.797. The van der Waals surface area contributed by atoms with E-state index in [4.69, 9.17) is 14.5 Å². The van der Waals surface area contributed by atoms with Gasteiger partial charge in [-0.25, -0.2) is 9.79 Å². The van der Waals surface area contributed by atoms with Crippen LogP contribution >= 0.6 is 0 Å². The van der Waals surface area contributed by atoms with Gasteiger partial charge in [-0.3, -0.25) is 14.4 Å². The van der Waals surface area contributed by atoms with Crippen molar-refractivity contribution in [3.8, 4) is 0 Å². The molecule has 0 spiro atoms. The zero-order valence-corrected chi connectivity index (χ0v) is 34.5. The molecular weight excluding hydrogens is 690 g/mol. The summed E-state index contributed by atoms with van der Waals surface area (Å²) in [5, 5.41) is 15.9. The highest BCUT2D eigenvalue weighted by molar-refractivity contribution is 5.86. The zero-order valence-electron chi connectivity index (χ0n) is 34.5. The Kier molecular flexibility index (Phi) is 20.5. The molecule has 3 rings (SSSR count). The van der Waals surface area contributed by atoms with Crippen LogP contribution in [0.4, 0.5) is 0 Å². The van der Waals surface area contributed by atoms with Crippen LogP contribution in [0.15, 0.2) is 35.3 Å². The first-order chi connectivity index (χ1) is 25.7. The number of guanidine groups is 1. The smallest absolute Gasteiger partial charge is 0.326 e. The number of benzene rings is 1. The zero-order chi connectivity index (χ0) is 40.4. The molecule has 3 amide bonds. The summed E-state index contributed by atoms with van der Waals surface area (Å²) in [6.45, 7) is 13.9. The highest BCUT2D eigenvalue weighted by Gasteiger charge is 2.42. The predicted molar refractivity (Wildman–Crippen MR) is 212 cm³/mol. The molecule has 14 nitrogen and oxygen atoms in total. The van der Waals surface area contributed by atoms with Crippen molar-refractivity contribution in [3.05, 3.63) is 35.9 Å². The summed E-state index contributed by atoms with van der Waals surface area (Å²) in [7, 11) is 8.69. The molecule has 2 fully saturated rings. The third-order valence-corrected chi connectivity index (χ3v) is 10.4. The number of likely N-dealkylation sites (tertiary alicyclic amines) is 1. The van der Waals surface area contributed by atoms with E-state index in [0.29, 0.717) is 13.0 Å². The predicted octanol–water partition coefficient (Wildman–Crippen LogP) is 2.96. The monoisotopic (exact) mass is 760 g/mol. The number of nitrogens with zero attached hydrogens (tertiary/aromatic N) is 5. The maximum Gasteiger partial charge on any atom is 0.326 e. The fourth-order valence-corrected chi connectivity index (χ4v) is 7.32. The highest BCUT2D eigenvalue weighted by atomic mass is 16.5. The van der Waals surface area contributed by atoms with Crippen molar-refractivity contribution in [2.24, 2.45) is 16.8 Å². The summed E-state index contributed by atoms with van der Waals surface area (Å²) in [4.78, 5) is 65.5. The topological polar surface area (TPSA) is 156 Å². The number of amides is 3. The Morgan fingerprint density at radius 1 is 1.00 bits per heavy atom. The first kappa shape index (κ1) is 46.4. The van der Waals surface area contributed by atoms with Gasteiger partial charge in [0, 0.05) is 74.5 Å². The number of likely N-dealkylation sites (N-methyl/N-ethyl adjacent to an activating group) is 1. The number of nitrogens with one attached hydrogen (secondary N) is 2. The second kappa shape index (κ2) is 23.9. The molecule has 2 aliphatic heterocycles. The van der Waals surface area contributed by atoms with Crippen LogP contribution in [0, 0.1) is 11.8 Å². The van der Waals surface area contributed by atoms with Gasteiger partial charge in [-0.1, -0.05) is 77.8 Å². The van der Waals surface area contributed by atoms with E-state index in [2.05, 4.69) is 43.2 Å². The lowest BCUT2D eigenvalue weighted by atomic mass is 9.90. The SMILES string of the molecule is CCC.CCC(C)C(C(CC(=O)N1CCCC1C(OC)C(C)C(=O)N[C@@H](Cc1ccccc1)C(=O)O)OC)N(C)C(=O)CN=C(N(C)C)N1CCNCC1. The molecule has 0 aromatic heterocycles. The van der Waals surface area contributed by atoms with E-state index in [1.165, 1.54) is 13.5 Å². The average molecular weight is 760 g/mol. The Morgan fingerprint density at radius 2 is 1.63 bits per heavy atom. The lowest BCUT2D eigenvalue weighted by Crippen LogP contribution is -2.54. The summed E-state index contributed by atoms with van der Waals surface area (Å²) < 4.78 is 11.8. The van der Waals surface area contributed by atoms with Crippen LogP contribution in [-0.4, -0.2) is 159 Å². The van der Waals surface area contributed by atoms with Crippen molar-refractivity contribution in [1.82, 2.24) is 30.2 Å². The van der Waals surface area contributed by atoms with E-state index in [9.17, 15) is 24.3 Å². The van der Waals surface area contributed by atoms with Gasteiger partial charge in [0.15, 0.2) is 5.96 Å². The van der Waals surface area contributed by atoms with Crippen LogP contribution in [0.5, 0.6) is 0 Å². The lowest BCUT2D eigenvalue weighted by molar-refractivity contribution is -0.146. The molecule has 2 heterocycles. The van der Waals surface area contributed by atoms with Crippen LogP contribution in [0.25, 0.3) is 0 Å². The van der Waals surface area contributed by atoms with Crippen LogP contribution in [0.1, 0.15) is 72.3 Å². The van der Waals surface area contributed by atoms with Gasteiger partial charge in [-0.05, 0) is 24.3 Å². The summed E-state index contributed by atoms with van der Waals surface area (Å²) in [5.74, 6) is -1.81. The molecule has 2 aliphatic rings. The molecule has 7 atom stereocenters. The van der Waals surface area contributed by atoms with E-state index in [0.717, 1.165) is 50.5 Å². The van der Waals surface area contributed by atoms with Crippen LogP contribution in [-0.2, 0) is 35.1 Å². The Balaban J connectivity index is 0.00000325. The molecule has 1 aromatic rings. The minimum Gasteiger partial charge on any atom is -0.480 e. The minimum atomic E-state index is -1.12. The van der Waals surface area contributed by atoms with Crippen LogP contribution in [0.3, 0.4) is 0 Å². The number of aliphatic carboxylic acids is 1. The number of rotatable bonds is 17. The number of hydrogen-bond acceptors (Lipinski definition) is 8. The van der Waals surface area contributed by atoms with Crippen molar-refractivity contribution in [1.29, 1.82) is 0 Å². The maximum atomic E-state index is 14.1. The van der Waals surface area contributed by atoms with Crippen molar-refractivity contribution >= 4 is 29.7 Å². The number of carboxylic acids is 1. The van der Waals surface area contributed by atoms with E-state index >= 15 is 0 Å². The molecular formula is C40H69N7O7. The Morgan fingerprint density at radius 3 is 2.17 bits per heavy atom. The normalized spacial score (nSPS) is 19.4. The van der Waals surface area contributed by atoms with Crippen molar-refractivity contribution in [2.45, 2.75) is 103 Å². The van der Waals surface area contributed by atoms with Gasteiger partial charge in [0.1, 0.15) is 12.6 Å². The number of ether oxygens (including phenoxy) is 2. The number of carboxylic acid groups (broad SMARTS) is 1. The fraction of sp³-hybridized carbons (Fsp3) is 0.725. The average Bonchev–Trinajstić information content (AvgIpc) is 3.65. The van der Waals surface area contributed by atoms with Crippen molar-refractivity contribution in [3.63, 3.8) is 0 Å². The number of carbonyl (C=O) groups excluding carboxylic acids is 3. The quantitative estimate of drug-likeness (QED) is 0.160. The molecule has 2 saturated heterocycles. The van der Waals surface area contributed by atoms with Crippen molar-refractivity contribution < 1.29 is 33.8 Å². The van der Waals surface area contributed by atoms with Crippen LogP contribution < -0.4 is 10.6 Å². The van der Waals surface area contributed by atoms with E-state index in [1.54, 1.807) is 30.9 Å². The largest absolute Gasteiger partial charge is 0.480 e. The lowest BCUT2D eigenvalue weighted by Gasteiger charge is -2.39. The standard InChI is InChI=1S/C37H61N7O7.C3H8/c1-9-25(2)33(42(6)32(46)24-39-37(41(4)5)43-20-17-38-18-21-43)30(50-7)23-31(45)44-19-13-16-29(44)34(51-8)26(3)35(47)40-28(36(48)49)22-27-14-11-10-12-15-27;1-3-2/h10-12,14-15,25-26,28-30,33-34,38H,9,13,16-24H2,1-8H3,(H,40,47)(H,48,49);3H2,1-2H3/t25?,26?,28-,29?,30?,33?,34?;/m0./s1. The Labute approximate surface area is 324 Å². The number of piperazine rings is 1. The Hall–Kier alpha value is -3.75. The van der Waals surface area contributed by atoms with Gasteiger partial charge in [-0.2, -0.15) is 0 Å².